The van der Waals surface area contributed by atoms with Gasteiger partial charge in [0, 0.05) is 46.3 Å². The van der Waals surface area contributed by atoms with E-state index in [2.05, 4.69) is 75.8 Å². The minimum Gasteiger partial charge on any atom is -0.366 e. The SMILES string of the molecule is CC(C)c1nnc(-c2cccc(Nc3cc(N[C@H]4CC[C@H](N)CC4)nn4c(-c5ccsc5)cnc34)c2)s1. The van der Waals surface area contributed by atoms with Crippen molar-refractivity contribution in [2.45, 2.75) is 57.5 Å². The van der Waals surface area contributed by atoms with Crippen LogP contribution in [0.25, 0.3) is 27.5 Å². The summed E-state index contributed by atoms with van der Waals surface area (Å²) in [4.78, 5) is 4.75. The zero-order chi connectivity index (χ0) is 25.4. The zero-order valence-corrected chi connectivity index (χ0v) is 22.5. The minimum atomic E-state index is 0.307. The lowest BCUT2D eigenvalue weighted by Gasteiger charge is -2.27. The number of hydrogen-bond donors (Lipinski definition) is 3. The normalized spacial score (nSPS) is 17.9. The lowest BCUT2D eigenvalue weighted by atomic mass is 9.92. The van der Waals surface area contributed by atoms with Gasteiger partial charge in [0.05, 0.1) is 17.6 Å². The average molecular weight is 531 g/mol. The first-order valence-electron chi connectivity index (χ1n) is 12.7. The molecule has 4 heterocycles. The Hall–Kier alpha value is -3.34. The number of benzene rings is 1. The first-order valence-corrected chi connectivity index (χ1v) is 14.4. The van der Waals surface area contributed by atoms with Crippen molar-refractivity contribution in [3.8, 4) is 21.8 Å². The number of aromatic nitrogens is 5. The molecule has 0 atom stereocenters. The second-order valence-electron chi connectivity index (χ2n) is 9.90. The molecular weight excluding hydrogens is 500 g/mol. The molecule has 1 aromatic carbocycles. The van der Waals surface area contributed by atoms with Gasteiger partial charge in [0.25, 0.3) is 0 Å². The van der Waals surface area contributed by atoms with Crippen molar-refractivity contribution in [2.75, 3.05) is 10.6 Å². The smallest absolute Gasteiger partial charge is 0.178 e. The number of nitrogens with zero attached hydrogens (tertiary/aromatic N) is 5. The minimum absolute atomic E-state index is 0.307. The van der Waals surface area contributed by atoms with Crippen LogP contribution in [0.3, 0.4) is 0 Å². The number of thiophene rings is 1. The monoisotopic (exact) mass is 530 g/mol. The summed E-state index contributed by atoms with van der Waals surface area (Å²) in [5.74, 6) is 1.19. The Balaban J connectivity index is 1.35. The molecular formula is C27H30N8S2. The molecule has 1 saturated carbocycles. The highest BCUT2D eigenvalue weighted by Gasteiger charge is 2.20. The maximum Gasteiger partial charge on any atom is 0.178 e. The van der Waals surface area contributed by atoms with Crippen LogP contribution in [0.15, 0.2) is 53.4 Å². The Kier molecular flexibility index (Phi) is 6.62. The van der Waals surface area contributed by atoms with E-state index in [1.165, 1.54) is 0 Å². The molecule has 6 rings (SSSR count). The van der Waals surface area contributed by atoms with Gasteiger partial charge in [0.2, 0.25) is 0 Å². The molecule has 0 radical (unpaired) electrons. The highest BCUT2D eigenvalue weighted by molar-refractivity contribution is 7.14. The highest BCUT2D eigenvalue weighted by atomic mass is 32.1. The number of anilines is 3. The van der Waals surface area contributed by atoms with E-state index in [1.807, 2.05) is 16.8 Å². The Labute approximate surface area is 224 Å². The van der Waals surface area contributed by atoms with Crippen LogP contribution in [0.1, 0.15) is 50.5 Å². The summed E-state index contributed by atoms with van der Waals surface area (Å²) in [5.41, 5.74) is 11.9. The van der Waals surface area contributed by atoms with Crippen molar-refractivity contribution in [3.05, 3.63) is 58.4 Å². The Bertz CT molecular complexity index is 1500. The van der Waals surface area contributed by atoms with Crippen molar-refractivity contribution in [3.63, 3.8) is 0 Å². The molecule has 1 aliphatic carbocycles. The Morgan fingerprint density at radius 3 is 2.68 bits per heavy atom. The number of imidazole rings is 1. The number of hydrogen-bond acceptors (Lipinski definition) is 9. The predicted octanol–water partition coefficient (Wildman–Crippen LogP) is 6.53. The fourth-order valence-electron chi connectivity index (χ4n) is 4.68. The van der Waals surface area contributed by atoms with Gasteiger partial charge in [0.15, 0.2) is 5.65 Å². The number of nitrogens with one attached hydrogen (secondary N) is 2. The second kappa shape index (κ2) is 10.2. The van der Waals surface area contributed by atoms with Crippen LogP contribution in [0.2, 0.25) is 0 Å². The topological polar surface area (TPSA) is 106 Å². The number of fused-ring (bicyclic) bond motifs is 1. The molecule has 4 aromatic heterocycles. The van der Waals surface area contributed by atoms with Crippen molar-refractivity contribution in [1.29, 1.82) is 0 Å². The van der Waals surface area contributed by atoms with Crippen molar-refractivity contribution >= 4 is 45.5 Å². The molecule has 0 saturated heterocycles. The van der Waals surface area contributed by atoms with E-state index in [4.69, 9.17) is 15.8 Å². The van der Waals surface area contributed by atoms with Crippen LogP contribution in [0, 0.1) is 0 Å². The van der Waals surface area contributed by atoms with Crippen LogP contribution >= 0.6 is 22.7 Å². The van der Waals surface area contributed by atoms with Gasteiger partial charge in [-0.2, -0.15) is 11.3 Å². The quantitative estimate of drug-likeness (QED) is 0.220. The predicted molar refractivity (Wildman–Crippen MR) is 153 cm³/mol. The Morgan fingerprint density at radius 2 is 1.92 bits per heavy atom. The van der Waals surface area contributed by atoms with Crippen LogP contribution in [-0.4, -0.2) is 36.9 Å². The zero-order valence-electron chi connectivity index (χ0n) is 20.9. The van der Waals surface area contributed by atoms with Gasteiger partial charge in [-0.1, -0.05) is 37.3 Å². The van der Waals surface area contributed by atoms with E-state index in [0.29, 0.717) is 18.0 Å². The molecule has 0 amide bonds. The van der Waals surface area contributed by atoms with Gasteiger partial charge in [-0.3, -0.25) is 0 Å². The summed E-state index contributed by atoms with van der Waals surface area (Å²) in [6.07, 6.45) is 6.06. The first-order chi connectivity index (χ1) is 18.0. The highest BCUT2D eigenvalue weighted by Crippen LogP contribution is 2.33. The lowest BCUT2D eigenvalue weighted by molar-refractivity contribution is 0.410. The second-order valence-corrected chi connectivity index (χ2v) is 11.7. The third-order valence-corrected chi connectivity index (χ3v) is 8.69. The summed E-state index contributed by atoms with van der Waals surface area (Å²) in [7, 11) is 0. The van der Waals surface area contributed by atoms with Gasteiger partial charge >= 0.3 is 0 Å². The number of rotatable bonds is 7. The molecule has 4 N–H and O–H groups in total. The molecule has 1 fully saturated rings. The van der Waals surface area contributed by atoms with Crippen LogP contribution < -0.4 is 16.4 Å². The van der Waals surface area contributed by atoms with Gasteiger partial charge in [-0.15, -0.1) is 15.3 Å². The fourth-order valence-corrected chi connectivity index (χ4v) is 6.17. The van der Waals surface area contributed by atoms with Gasteiger partial charge in [-0.25, -0.2) is 9.50 Å². The fraction of sp³-hybridized carbons (Fsp3) is 0.333. The number of nitrogens with two attached hydrogens (primary N) is 1. The molecule has 37 heavy (non-hydrogen) atoms. The lowest BCUT2D eigenvalue weighted by Crippen LogP contribution is -2.33. The summed E-state index contributed by atoms with van der Waals surface area (Å²) >= 11 is 3.31. The third kappa shape index (κ3) is 5.09. The van der Waals surface area contributed by atoms with E-state index in [-0.39, 0.29) is 0 Å². The maximum absolute atomic E-state index is 6.13. The molecule has 10 heteroatoms. The summed E-state index contributed by atoms with van der Waals surface area (Å²) in [6.45, 7) is 4.28. The molecule has 5 aromatic rings. The molecule has 0 unspecified atom stereocenters. The molecule has 0 spiro atoms. The first kappa shape index (κ1) is 24.0. The molecule has 1 aliphatic rings. The third-order valence-electron chi connectivity index (χ3n) is 6.73. The van der Waals surface area contributed by atoms with Crippen LogP contribution in [0.5, 0.6) is 0 Å². The van der Waals surface area contributed by atoms with E-state index >= 15 is 0 Å². The van der Waals surface area contributed by atoms with Gasteiger partial charge in [-0.05, 0) is 49.3 Å². The van der Waals surface area contributed by atoms with E-state index < -0.39 is 0 Å². The molecule has 0 bridgehead atoms. The van der Waals surface area contributed by atoms with Crippen molar-refractivity contribution < 1.29 is 0 Å². The van der Waals surface area contributed by atoms with E-state index in [9.17, 15) is 0 Å². The molecule has 8 nitrogen and oxygen atoms in total. The standard InChI is InChI=1S/C27H30N8S2/c1-16(2)26-32-33-27(37-26)17-4-3-5-21(12-17)30-22-13-24(31-20-8-6-19(28)7-9-20)34-35-23(14-29-25(22)35)18-10-11-36-15-18/h3-5,10-16,19-20,30H,6-9,28H2,1-2H3,(H,31,34)/t19-,20-. The maximum atomic E-state index is 6.13. The molecule has 0 aliphatic heterocycles. The molecule has 190 valence electrons. The van der Waals surface area contributed by atoms with Crippen LogP contribution in [0.4, 0.5) is 17.2 Å². The van der Waals surface area contributed by atoms with Gasteiger partial charge < -0.3 is 16.4 Å². The van der Waals surface area contributed by atoms with Crippen molar-refractivity contribution in [2.24, 2.45) is 5.73 Å². The Morgan fingerprint density at radius 1 is 1.05 bits per heavy atom. The van der Waals surface area contributed by atoms with Gasteiger partial charge in [0.1, 0.15) is 15.8 Å². The van der Waals surface area contributed by atoms with E-state index in [0.717, 1.165) is 75.4 Å². The summed E-state index contributed by atoms with van der Waals surface area (Å²) < 4.78 is 1.94. The summed E-state index contributed by atoms with van der Waals surface area (Å²) in [5, 5.41) is 27.2. The average Bonchev–Trinajstić information content (AvgIpc) is 3.66. The van der Waals surface area contributed by atoms with Crippen molar-refractivity contribution in [1.82, 2.24) is 24.8 Å². The van der Waals surface area contributed by atoms with Crippen LogP contribution in [-0.2, 0) is 0 Å². The summed E-state index contributed by atoms with van der Waals surface area (Å²) in [6, 6.07) is 13.1. The van der Waals surface area contributed by atoms with E-state index in [1.54, 1.807) is 22.7 Å². The largest absolute Gasteiger partial charge is 0.366 e.